The molecule has 4 bridgehead atoms. The first kappa shape index (κ1) is 15.5. The molecule has 2 heterocycles. The number of aromatic nitrogens is 2. The molecule has 0 spiro atoms. The van der Waals surface area contributed by atoms with Crippen molar-refractivity contribution in [3.8, 4) is 5.88 Å². The van der Waals surface area contributed by atoms with E-state index in [1.54, 1.807) is 0 Å². The van der Waals surface area contributed by atoms with Gasteiger partial charge in [-0.25, -0.2) is 0 Å². The van der Waals surface area contributed by atoms with Crippen molar-refractivity contribution < 1.29 is 5.11 Å². The van der Waals surface area contributed by atoms with Crippen molar-refractivity contribution in [2.75, 3.05) is 5.32 Å². The van der Waals surface area contributed by atoms with Gasteiger partial charge in [0.25, 0.3) is 0 Å². The summed E-state index contributed by atoms with van der Waals surface area (Å²) in [6, 6.07) is 6.10. The van der Waals surface area contributed by atoms with Gasteiger partial charge in [0.15, 0.2) is 0 Å². The number of aromatic hydroxyl groups is 1. The predicted octanol–water partition coefficient (Wildman–Crippen LogP) is 2.93. The SMILES string of the molecule is Oc1nc(NC23CC4CC(CC(C4)C2)C3)[nH]c1/C=c1\ccc2c(c1)C=CN=2. The fourth-order valence-electron chi connectivity index (χ4n) is 6.33. The second kappa shape index (κ2) is 5.47. The van der Waals surface area contributed by atoms with Gasteiger partial charge in [-0.15, -0.1) is 0 Å². The molecule has 0 unspecified atom stereocenters. The Labute approximate surface area is 157 Å². The number of rotatable bonds is 3. The Kier molecular flexibility index (Phi) is 3.14. The largest absolute Gasteiger partial charge is 0.492 e. The molecule has 5 nitrogen and oxygen atoms in total. The Hall–Kier alpha value is -2.56. The second-order valence-corrected chi connectivity index (χ2v) is 9.05. The number of hydrogen-bond donors (Lipinski definition) is 3. The molecule has 5 heteroatoms. The molecule has 1 aliphatic heterocycles. The third-order valence-electron chi connectivity index (χ3n) is 6.96. The average molecular weight is 360 g/mol. The van der Waals surface area contributed by atoms with Crippen LogP contribution < -0.4 is 15.9 Å². The van der Waals surface area contributed by atoms with Gasteiger partial charge >= 0.3 is 0 Å². The lowest BCUT2D eigenvalue weighted by Gasteiger charge is -2.56. The lowest BCUT2D eigenvalue weighted by molar-refractivity contribution is 0.0104. The van der Waals surface area contributed by atoms with Gasteiger partial charge < -0.3 is 15.4 Å². The van der Waals surface area contributed by atoms with E-state index in [-0.39, 0.29) is 11.4 Å². The molecule has 5 aliphatic rings. The molecule has 27 heavy (non-hydrogen) atoms. The van der Waals surface area contributed by atoms with Gasteiger partial charge in [0.05, 0.1) is 5.36 Å². The number of aromatic amines is 1. The summed E-state index contributed by atoms with van der Waals surface area (Å²) in [7, 11) is 0. The minimum absolute atomic E-state index is 0.0583. The third-order valence-corrected chi connectivity index (χ3v) is 6.96. The van der Waals surface area contributed by atoms with Gasteiger partial charge in [-0.3, -0.25) is 4.99 Å². The molecule has 7 rings (SSSR count). The Balaban J connectivity index is 1.30. The highest BCUT2D eigenvalue weighted by molar-refractivity contribution is 5.57. The molecule has 0 atom stereocenters. The van der Waals surface area contributed by atoms with Gasteiger partial charge in [0.1, 0.15) is 5.69 Å². The molecule has 4 fully saturated rings. The van der Waals surface area contributed by atoms with Crippen LogP contribution in [0.2, 0.25) is 0 Å². The summed E-state index contributed by atoms with van der Waals surface area (Å²) < 4.78 is 0. The van der Waals surface area contributed by atoms with Crippen LogP contribution in [-0.2, 0) is 0 Å². The Morgan fingerprint density at radius 1 is 1.11 bits per heavy atom. The lowest BCUT2D eigenvalue weighted by Crippen LogP contribution is -2.54. The molecule has 0 saturated heterocycles. The van der Waals surface area contributed by atoms with Crippen molar-refractivity contribution >= 4 is 18.1 Å². The monoisotopic (exact) mass is 360 g/mol. The van der Waals surface area contributed by atoms with Crippen molar-refractivity contribution in [3.05, 3.63) is 46.2 Å². The molecule has 1 aromatic carbocycles. The molecule has 4 saturated carbocycles. The maximum atomic E-state index is 10.4. The first-order valence-corrected chi connectivity index (χ1v) is 10.1. The number of anilines is 1. The zero-order valence-corrected chi connectivity index (χ0v) is 15.3. The number of imidazole rings is 1. The summed E-state index contributed by atoms with van der Waals surface area (Å²) >= 11 is 0. The minimum atomic E-state index is 0.0583. The number of hydrogen-bond acceptors (Lipinski definition) is 4. The Morgan fingerprint density at radius 2 is 1.85 bits per heavy atom. The van der Waals surface area contributed by atoms with Crippen LogP contribution in [0.3, 0.4) is 0 Å². The molecule has 3 N–H and O–H groups in total. The first-order valence-electron chi connectivity index (χ1n) is 10.1. The van der Waals surface area contributed by atoms with E-state index in [1.165, 1.54) is 38.5 Å². The molecular weight excluding hydrogens is 336 g/mol. The maximum absolute atomic E-state index is 10.4. The van der Waals surface area contributed by atoms with Gasteiger partial charge in [0.2, 0.25) is 11.8 Å². The molecule has 4 aliphatic carbocycles. The smallest absolute Gasteiger partial charge is 0.238 e. The molecular formula is C22H24N4O. The van der Waals surface area contributed by atoms with Gasteiger partial charge in [-0.1, -0.05) is 6.07 Å². The Bertz CT molecular complexity index is 1030. The summed E-state index contributed by atoms with van der Waals surface area (Å²) in [6.45, 7) is 0. The van der Waals surface area contributed by atoms with Crippen LogP contribution in [0.4, 0.5) is 5.95 Å². The summed E-state index contributed by atoms with van der Waals surface area (Å²) in [5.74, 6) is 3.40. The fraction of sp³-hybridized carbons (Fsp3) is 0.455. The highest BCUT2D eigenvalue weighted by atomic mass is 16.3. The average Bonchev–Trinajstić information content (AvgIpc) is 3.19. The quantitative estimate of drug-likeness (QED) is 0.788. The van der Waals surface area contributed by atoms with Crippen LogP contribution in [0, 0.1) is 17.8 Å². The summed E-state index contributed by atoms with van der Waals surface area (Å²) in [5.41, 5.74) is 1.94. The van der Waals surface area contributed by atoms with Crippen LogP contribution in [0.15, 0.2) is 29.4 Å². The number of benzene rings is 1. The van der Waals surface area contributed by atoms with Crippen LogP contribution in [0.5, 0.6) is 5.88 Å². The van der Waals surface area contributed by atoms with E-state index in [4.69, 9.17) is 0 Å². The van der Waals surface area contributed by atoms with Crippen molar-refractivity contribution in [1.29, 1.82) is 0 Å². The number of fused-ring (bicyclic) bond motifs is 1. The highest BCUT2D eigenvalue weighted by Gasteiger charge is 2.51. The van der Waals surface area contributed by atoms with Gasteiger partial charge in [0, 0.05) is 17.3 Å². The molecule has 1 aromatic heterocycles. The van der Waals surface area contributed by atoms with Crippen LogP contribution >= 0.6 is 0 Å². The zero-order chi connectivity index (χ0) is 18.0. The van der Waals surface area contributed by atoms with Crippen molar-refractivity contribution in [1.82, 2.24) is 9.97 Å². The minimum Gasteiger partial charge on any atom is -0.492 e. The zero-order valence-electron chi connectivity index (χ0n) is 15.3. The first-order chi connectivity index (χ1) is 13.1. The van der Waals surface area contributed by atoms with E-state index in [0.29, 0.717) is 11.6 Å². The maximum Gasteiger partial charge on any atom is 0.238 e. The van der Waals surface area contributed by atoms with Crippen LogP contribution in [0.1, 0.15) is 49.8 Å². The van der Waals surface area contributed by atoms with E-state index in [1.807, 2.05) is 30.5 Å². The van der Waals surface area contributed by atoms with E-state index in [2.05, 4.69) is 26.3 Å². The van der Waals surface area contributed by atoms with Gasteiger partial charge in [-0.2, -0.15) is 4.98 Å². The molecule has 2 aromatic rings. The third kappa shape index (κ3) is 2.59. The topological polar surface area (TPSA) is 73.3 Å². The lowest BCUT2D eigenvalue weighted by atomic mass is 9.53. The van der Waals surface area contributed by atoms with Crippen molar-refractivity contribution in [2.24, 2.45) is 22.7 Å². The van der Waals surface area contributed by atoms with Crippen LogP contribution in [0.25, 0.3) is 12.2 Å². The van der Waals surface area contributed by atoms with E-state index in [9.17, 15) is 5.11 Å². The molecule has 138 valence electrons. The highest BCUT2D eigenvalue weighted by Crippen LogP contribution is 2.56. The van der Waals surface area contributed by atoms with Crippen molar-refractivity contribution in [2.45, 2.75) is 44.1 Å². The standard InChI is InChI=1S/C22H24N4O/c27-20-19(9-13-1-2-18-17(8-13)3-4-23-18)24-21(25-20)26-22-10-14-5-15(11-22)7-16(6-14)12-22/h1-4,8-9,14-16,27H,5-7,10-12H2,(H2,24,25,26)/b13-9+. The van der Waals surface area contributed by atoms with E-state index < -0.39 is 0 Å². The summed E-state index contributed by atoms with van der Waals surface area (Å²) in [4.78, 5) is 12.0. The number of nitrogens with zero attached hydrogens (tertiary/aromatic N) is 2. The fourth-order valence-corrected chi connectivity index (χ4v) is 6.33. The van der Waals surface area contributed by atoms with Gasteiger partial charge in [-0.05, 0) is 85.8 Å². The van der Waals surface area contributed by atoms with Crippen molar-refractivity contribution in [3.63, 3.8) is 0 Å². The van der Waals surface area contributed by atoms with Crippen LogP contribution in [-0.4, -0.2) is 20.6 Å². The molecule has 0 radical (unpaired) electrons. The second-order valence-electron chi connectivity index (χ2n) is 9.05. The molecule has 0 amide bonds. The normalized spacial score (nSPS) is 33.3. The summed E-state index contributed by atoms with van der Waals surface area (Å²) in [6.07, 6.45) is 13.8. The Morgan fingerprint density at radius 3 is 2.59 bits per heavy atom. The number of nitrogens with one attached hydrogen (secondary N) is 2. The van der Waals surface area contributed by atoms with E-state index in [0.717, 1.165) is 33.9 Å². The summed E-state index contributed by atoms with van der Waals surface area (Å²) in [5, 5.41) is 16.1. The van der Waals surface area contributed by atoms with E-state index >= 15 is 0 Å². The number of H-pyrrole nitrogens is 1. The predicted molar refractivity (Wildman–Crippen MR) is 105 cm³/mol.